The second-order valence-electron chi connectivity index (χ2n) is 13.4. The van der Waals surface area contributed by atoms with Gasteiger partial charge in [-0.15, -0.1) is 0 Å². The fraction of sp³-hybridized carbons (Fsp3) is 0.611. The summed E-state index contributed by atoms with van der Waals surface area (Å²) in [5.74, 6) is 1.24. The van der Waals surface area contributed by atoms with Gasteiger partial charge in [-0.05, 0) is 116 Å². The zero-order valence-corrected chi connectivity index (χ0v) is 27.5. The first-order valence-electron chi connectivity index (χ1n) is 15.9. The van der Waals surface area contributed by atoms with E-state index in [4.69, 9.17) is 9.47 Å². The minimum Gasteiger partial charge on any atom is -0.494 e. The average Bonchev–Trinajstić information content (AvgIpc) is 2.94. The molecular weight excluding hydrogens is 524 g/mol. The Balaban J connectivity index is 2.20. The summed E-state index contributed by atoms with van der Waals surface area (Å²) in [7, 11) is 0. The van der Waals surface area contributed by atoms with E-state index in [9.17, 15) is 9.59 Å². The van der Waals surface area contributed by atoms with Gasteiger partial charge in [0, 0.05) is 47.1 Å². The van der Waals surface area contributed by atoms with Gasteiger partial charge in [0.1, 0.15) is 11.5 Å². The molecule has 0 radical (unpaired) electrons. The summed E-state index contributed by atoms with van der Waals surface area (Å²) in [5, 5.41) is 7.05. The quantitative estimate of drug-likeness (QED) is 0.130. The third-order valence-corrected chi connectivity index (χ3v) is 7.17. The van der Waals surface area contributed by atoms with Gasteiger partial charge in [-0.1, -0.05) is 26.7 Å². The van der Waals surface area contributed by atoms with Crippen molar-refractivity contribution in [2.24, 2.45) is 11.8 Å². The molecule has 0 saturated heterocycles. The highest BCUT2D eigenvalue weighted by Crippen LogP contribution is 2.24. The number of carbonyl (C=O) groups excluding carboxylic acids is 2. The molecule has 0 heterocycles. The zero-order chi connectivity index (χ0) is 31.2. The number of unbranched alkanes of at least 4 members (excludes halogenated alkanes) is 2. The predicted molar refractivity (Wildman–Crippen MR) is 174 cm³/mol. The zero-order valence-electron chi connectivity index (χ0n) is 27.5. The Morgan fingerprint density at radius 3 is 1.24 bits per heavy atom. The minimum atomic E-state index is -0.254. The van der Waals surface area contributed by atoms with E-state index in [1.54, 1.807) is 0 Å². The summed E-state index contributed by atoms with van der Waals surface area (Å²) < 4.78 is 11.6. The van der Waals surface area contributed by atoms with Crippen LogP contribution in [0.2, 0.25) is 0 Å². The van der Waals surface area contributed by atoms with Crippen molar-refractivity contribution in [1.29, 1.82) is 0 Å². The highest BCUT2D eigenvalue weighted by molar-refractivity contribution is 5.99. The lowest BCUT2D eigenvalue weighted by Gasteiger charge is -2.28. The molecule has 6 heteroatoms. The van der Waals surface area contributed by atoms with Gasteiger partial charge in [0.15, 0.2) is 11.6 Å². The van der Waals surface area contributed by atoms with Crippen LogP contribution in [-0.2, 0) is 0 Å². The van der Waals surface area contributed by atoms with Gasteiger partial charge < -0.3 is 20.1 Å². The third kappa shape index (κ3) is 13.5. The minimum absolute atomic E-state index is 0.0930. The number of nitrogens with one attached hydrogen (secondary N) is 2. The first kappa shape index (κ1) is 35.5. The van der Waals surface area contributed by atoms with E-state index < -0.39 is 0 Å². The topological polar surface area (TPSA) is 76.7 Å². The van der Waals surface area contributed by atoms with E-state index in [0.717, 1.165) is 37.2 Å². The van der Waals surface area contributed by atoms with Gasteiger partial charge in [-0.25, -0.2) is 0 Å². The maximum atomic E-state index is 13.8. The number of benzene rings is 2. The standard InChI is InChI=1S/C36H56N2O4/c1-9-11-23-41-31-19-15-27(16-20-31)33(39)29(25-37-35(3,4)5)13-14-30(26-38-36(6,7)8)34(40)28-17-21-32(22-18-28)42-24-12-10-2/h15-22,29-30,37-38H,9-14,23-26H2,1-8H3/t29-,30-/m0/s1. The normalized spacial score (nSPS) is 13.4. The first-order chi connectivity index (χ1) is 19.8. The molecule has 0 bridgehead atoms. The van der Waals surface area contributed by atoms with Gasteiger partial charge in [-0.2, -0.15) is 0 Å². The van der Waals surface area contributed by atoms with Crippen LogP contribution in [-0.4, -0.2) is 48.9 Å². The van der Waals surface area contributed by atoms with Crippen LogP contribution in [0.1, 0.15) is 115 Å². The number of hydrogen-bond donors (Lipinski definition) is 2. The summed E-state index contributed by atoms with van der Waals surface area (Å²) in [4.78, 5) is 27.5. The van der Waals surface area contributed by atoms with Crippen LogP contribution in [0.4, 0.5) is 0 Å². The van der Waals surface area contributed by atoms with E-state index in [-0.39, 0.29) is 34.5 Å². The molecule has 42 heavy (non-hydrogen) atoms. The van der Waals surface area contributed by atoms with Crippen molar-refractivity contribution in [3.63, 3.8) is 0 Å². The molecule has 2 aromatic carbocycles. The van der Waals surface area contributed by atoms with E-state index in [2.05, 4.69) is 66.0 Å². The Labute approximate surface area is 255 Å². The number of hydrogen-bond acceptors (Lipinski definition) is 6. The van der Waals surface area contributed by atoms with Crippen molar-refractivity contribution in [3.05, 3.63) is 59.7 Å². The number of rotatable bonds is 19. The Hall–Kier alpha value is -2.70. The Morgan fingerprint density at radius 2 is 0.952 bits per heavy atom. The summed E-state index contributed by atoms with van der Waals surface area (Å²) in [6.45, 7) is 19.3. The molecule has 2 atom stereocenters. The molecule has 0 aliphatic carbocycles. The van der Waals surface area contributed by atoms with E-state index in [1.807, 2.05) is 48.5 Å². The Bertz CT molecular complexity index is 978. The van der Waals surface area contributed by atoms with Gasteiger partial charge in [0.05, 0.1) is 13.2 Å². The average molecular weight is 581 g/mol. The maximum Gasteiger partial charge on any atom is 0.167 e. The summed E-state index contributed by atoms with van der Waals surface area (Å²) in [5.41, 5.74) is 1.10. The lowest BCUT2D eigenvalue weighted by Crippen LogP contribution is -2.42. The smallest absolute Gasteiger partial charge is 0.167 e. The van der Waals surface area contributed by atoms with Crippen molar-refractivity contribution < 1.29 is 19.1 Å². The number of carbonyl (C=O) groups is 2. The largest absolute Gasteiger partial charge is 0.494 e. The molecule has 0 spiro atoms. The van der Waals surface area contributed by atoms with Gasteiger partial charge in [0.25, 0.3) is 0 Å². The summed E-state index contributed by atoms with van der Waals surface area (Å²) in [6.07, 6.45) is 5.37. The van der Waals surface area contributed by atoms with Crippen LogP contribution < -0.4 is 20.1 Å². The molecule has 2 aromatic rings. The fourth-order valence-electron chi connectivity index (χ4n) is 4.48. The van der Waals surface area contributed by atoms with Crippen LogP contribution in [0.3, 0.4) is 0 Å². The monoisotopic (exact) mass is 580 g/mol. The number of Topliss-reactive ketones (excluding diaryl/α,β-unsaturated/α-hetero) is 2. The Kier molecular flexibility index (Phi) is 14.7. The second kappa shape index (κ2) is 17.4. The van der Waals surface area contributed by atoms with Gasteiger partial charge in [-0.3, -0.25) is 9.59 Å². The lowest BCUT2D eigenvalue weighted by atomic mass is 9.85. The van der Waals surface area contributed by atoms with Crippen LogP contribution in [0.25, 0.3) is 0 Å². The van der Waals surface area contributed by atoms with Crippen molar-refractivity contribution >= 4 is 11.6 Å². The maximum absolute atomic E-state index is 13.8. The SMILES string of the molecule is CCCCOc1ccc(C(=O)[C@@H](CC[C@@H](CNC(C)(C)C)C(=O)c2ccc(OCCCC)cc2)CNC(C)(C)C)cc1. The molecule has 0 amide bonds. The molecule has 0 unspecified atom stereocenters. The molecule has 0 aromatic heterocycles. The van der Waals surface area contributed by atoms with Crippen LogP contribution in [0.5, 0.6) is 11.5 Å². The van der Waals surface area contributed by atoms with Gasteiger partial charge in [0.2, 0.25) is 0 Å². The highest BCUT2D eigenvalue weighted by Gasteiger charge is 2.27. The molecule has 234 valence electrons. The molecule has 0 aliphatic heterocycles. The molecule has 2 N–H and O–H groups in total. The van der Waals surface area contributed by atoms with E-state index in [1.165, 1.54) is 0 Å². The van der Waals surface area contributed by atoms with E-state index in [0.29, 0.717) is 50.3 Å². The first-order valence-corrected chi connectivity index (χ1v) is 15.9. The van der Waals surface area contributed by atoms with Crippen molar-refractivity contribution in [3.8, 4) is 11.5 Å². The predicted octanol–water partition coefficient (Wildman–Crippen LogP) is 7.90. The summed E-state index contributed by atoms with van der Waals surface area (Å²) in [6, 6.07) is 15.0. The molecule has 0 fully saturated rings. The van der Waals surface area contributed by atoms with Gasteiger partial charge >= 0.3 is 0 Å². The molecular formula is C36H56N2O4. The highest BCUT2D eigenvalue weighted by atomic mass is 16.5. The fourth-order valence-corrected chi connectivity index (χ4v) is 4.48. The third-order valence-electron chi connectivity index (χ3n) is 7.17. The molecule has 2 rings (SSSR count). The molecule has 6 nitrogen and oxygen atoms in total. The van der Waals surface area contributed by atoms with E-state index >= 15 is 0 Å². The van der Waals surface area contributed by atoms with Crippen LogP contribution in [0, 0.1) is 11.8 Å². The second-order valence-corrected chi connectivity index (χ2v) is 13.4. The Morgan fingerprint density at radius 1 is 0.619 bits per heavy atom. The van der Waals surface area contributed by atoms with Crippen LogP contribution >= 0.6 is 0 Å². The van der Waals surface area contributed by atoms with Crippen molar-refractivity contribution in [1.82, 2.24) is 10.6 Å². The lowest BCUT2D eigenvalue weighted by molar-refractivity contribution is 0.0858. The number of ketones is 2. The number of ether oxygens (including phenoxy) is 2. The molecule has 0 saturated carbocycles. The van der Waals surface area contributed by atoms with Crippen LogP contribution in [0.15, 0.2) is 48.5 Å². The van der Waals surface area contributed by atoms with Crippen molar-refractivity contribution in [2.75, 3.05) is 26.3 Å². The summed E-state index contributed by atoms with van der Waals surface area (Å²) >= 11 is 0. The van der Waals surface area contributed by atoms with Crippen molar-refractivity contribution in [2.45, 2.75) is 105 Å². The molecule has 0 aliphatic rings.